The van der Waals surface area contributed by atoms with Gasteiger partial charge in [0.25, 0.3) is 0 Å². The number of hydrogen-bond acceptors (Lipinski definition) is 3. The van der Waals surface area contributed by atoms with E-state index in [1.807, 2.05) is 11.8 Å². The number of nitrogens with one attached hydrogen (secondary N) is 1. The predicted octanol–water partition coefficient (Wildman–Crippen LogP) is 0.760. The number of thioether (sulfide) groups is 1. The van der Waals surface area contributed by atoms with Crippen LogP contribution < -0.4 is 5.32 Å². The lowest BCUT2D eigenvalue weighted by molar-refractivity contribution is 0.617. The van der Waals surface area contributed by atoms with Crippen molar-refractivity contribution in [1.82, 2.24) is 5.32 Å². The maximum Gasteiger partial charge on any atom is 0.0861 e. The van der Waals surface area contributed by atoms with Crippen molar-refractivity contribution in [3.05, 3.63) is 10.5 Å². The third-order valence-corrected chi connectivity index (χ3v) is 3.66. The van der Waals surface area contributed by atoms with Gasteiger partial charge in [0.2, 0.25) is 0 Å². The molecule has 3 heteroatoms. The summed E-state index contributed by atoms with van der Waals surface area (Å²) < 4.78 is 0. The molecule has 0 radical (unpaired) electrons. The Morgan fingerprint density at radius 3 is 3.70 bits per heavy atom. The predicted molar refractivity (Wildman–Crippen MR) is 43.3 cm³/mol. The highest BCUT2D eigenvalue weighted by Crippen LogP contribution is 2.48. The van der Waals surface area contributed by atoms with Gasteiger partial charge in [0.1, 0.15) is 0 Å². The molecule has 0 saturated carbocycles. The highest BCUT2D eigenvalue weighted by Gasteiger charge is 2.43. The van der Waals surface area contributed by atoms with E-state index in [9.17, 15) is 0 Å². The molecule has 4 bridgehead atoms. The van der Waals surface area contributed by atoms with E-state index >= 15 is 0 Å². The molecule has 4 aliphatic heterocycles. The van der Waals surface area contributed by atoms with E-state index in [4.69, 9.17) is 0 Å². The van der Waals surface area contributed by atoms with E-state index in [0.717, 1.165) is 6.54 Å². The topological polar surface area (TPSA) is 24.4 Å². The van der Waals surface area contributed by atoms with Gasteiger partial charge in [-0.15, -0.1) is 11.8 Å². The minimum Gasteiger partial charge on any atom is -0.294 e. The van der Waals surface area contributed by atoms with E-state index in [2.05, 4.69) is 16.5 Å². The van der Waals surface area contributed by atoms with Crippen molar-refractivity contribution in [2.75, 3.05) is 6.54 Å². The van der Waals surface area contributed by atoms with Crippen LogP contribution in [-0.2, 0) is 0 Å². The summed E-state index contributed by atoms with van der Waals surface area (Å²) in [5.74, 6) is 0. The Bertz CT molecular complexity index is 244. The lowest BCUT2D eigenvalue weighted by Gasteiger charge is -2.17. The zero-order valence-electron chi connectivity index (χ0n) is 5.50. The number of aliphatic imine (C=N–C) groups is 1. The molecule has 4 aliphatic rings. The van der Waals surface area contributed by atoms with E-state index in [-0.39, 0.29) is 0 Å². The maximum absolute atomic E-state index is 4.30. The van der Waals surface area contributed by atoms with Crippen LogP contribution in [0.2, 0.25) is 0 Å². The smallest absolute Gasteiger partial charge is 0.0861 e. The van der Waals surface area contributed by atoms with Crippen LogP contribution in [0, 0.1) is 0 Å². The molecule has 2 nitrogen and oxygen atoms in total. The Labute approximate surface area is 63.8 Å². The molecular formula is C7H8N2S. The number of hydrogen-bond donors (Lipinski definition) is 1. The zero-order valence-corrected chi connectivity index (χ0v) is 6.32. The minimum absolute atomic E-state index is 0.601. The van der Waals surface area contributed by atoms with Crippen LogP contribution in [0.5, 0.6) is 0 Å². The highest BCUT2D eigenvalue weighted by atomic mass is 32.2. The lowest BCUT2D eigenvalue weighted by Crippen LogP contribution is -2.26. The first-order chi connectivity index (χ1) is 4.95. The summed E-state index contributed by atoms with van der Waals surface area (Å²) in [7, 11) is 0. The van der Waals surface area contributed by atoms with Gasteiger partial charge in [-0.1, -0.05) is 0 Å². The van der Waals surface area contributed by atoms with Crippen molar-refractivity contribution in [2.24, 2.45) is 4.99 Å². The monoisotopic (exact) mass is 152 g/mol. The zero-order chi connectivity index (χ0) is 6.55. The fourth-order valence-corrected chi connectivity index (χ4v) is 2.98. The molecule has 0 aliphatic carbocycles. The first kappa shape index (κ1) is 5.38. The summed E-state index contributed by atoms with van der Waals surface area (Å²) in [5, 5.41) is 4.13. The van der Waals surface area contributed by atoms with Gasteiger partial charge in [0.15, 0.2) is 0 Å². The molecule has 4 rings (SSSR count). The van der Waals surface area contributed by atoms with Gasteiger partial charge in [-0.25, -0.2) is 0 Å². The van der Waals surface area contributed by atoms with Crippen LogP contribution in [0.3, 0.4) is 0 Å². The van der Waals surface area contributed by atoms with Crippen molar-refractivity contribution in [2.45, 2.75) is 17.8 Å². The van der Waals surface area contributed by atoms with Crippen LogP contribution in [0.4, 0.5) is 0 Å². The summed E-state index contributed by atoms with van der Waals surface area (Å²) in [5.41, 5.74) is 1.47. The molecule has 2 unspecified atom stereocenters. The van der Waals surface area contributed by atoms with E-state index in [1.54, 1.807) is 4.91 Å². The Kier molecular flexibility index (Phi) is 0.891. The van der Waals surface area contributed by atoms with Crippen LogP contribution >= 0.6 is 11.8 Å². The third-order valence-electron chi connectivity index (χ3n) is 2.26. The van der Waals surface area contributed by atoms with E-state index in [0.29, 0.717) is 11.4 Å². The highest BCUT2D eigenvalue weighted by molar-refractivity contribution is 8.05. The van der Waals surface area contributed by atoms with Gasteiger partial charge in [-0.05, 0) is 6.42 Å². The standard InChI is InChI=1S/C7H8N2S/c1-2-8-3-4-6-5(1)9-7(4)10-6/h3,5,7,9H,1-2H2. The van der Waals surface area contributed by atoms with Gasteiger partial charge in [0.05, 0.1) is 5.37 Å². The molecular weight excluding hydrogens is 144 g/mol. The molecule has 4 heterocycles. The molecule has 0 aromatic heterocycles. The number of nitrogens with zero attached hydrogens (tertiary/aromatic N) is 1. The van der Waals surface area contributed by atoms with Gasteiger partial charge in [-0.3, -0.25) is 10.3 Å². The Balaban J connectivity index is 2.10. The van der Waals surface area contributed by atoms with Crippen LogP contribution in [0.15, 0.2) is 15.5 Å². The van der Waals surface area contributed by atoms with Gasteiger partial charge in [-0.2, -0.15) is 0 Å². The molecule has 10 heavy (non-hydrogen) atoms. The van der Waals surface area contributed by atoms with Crippen molar-refractivity contribution in [3.63, 3.8) is 0 Å². The molecule has 0 spiro atoms. The lowest BCUT2D eigenvalue weighted by atomic mass is 10.2. The molecule has 0 amide bonds. The fraction of sp³-hybridized carbons (Fsp3) is 0.571. The summed E-state index contributed by atoms with van der Waals surface area (Å²) in [6.07, 6.45) is 3.25. The van der Waals surface area contributed by atoms with Crippen molar-refractivity contribution >= 4 is 18.0 Å². The fourth-order valence-electron chi connectivity index (χ4n) is 1.71. The molecule has 0 aromatic rings. The normalized spacial score (nSPS) is 41.6. The van der Waals surface area contributed by atoms with Gasteiger partial charge < -0.3 is 0 Å². The molecule has 2 atom stereocenters. The molecule has 52 valence electrons. The van der Waals surface area contributed by atoms with Gasteiger partial charge in [0, 0.05) is 29.3 Å². The summed E-state index contributed by atoms with van der Waals surface area (Å²) >= 11 is 1.98. The minimum atomic E-state index is 0.601. The molecule has 0 aromatic carbocycles. The molecule has 1 N–H and O–H groups in total. The SMILES string of the molecule is C1=NCCC2NC3SC2=C13. The largest absolute Gasteiger partial charge is 0.294 e. The Hall–Kier alpha value is -0.280. The summed E-state index contributed by atoms with van der Waals surface area (Å²) in [4.78, 5) is 5.86. The average molecular weight is 152 g/mol. The van der Waals surface area contributed by atoms with Gasteiger partial charge >= 0.3 is 0 Å². The number of rotatable bonds is 0. The maximum atomic E-state index is 4.30. The second-order valence-electron chi connectivity index (χ2n) is 2.86. The third kappa shape index (κ3) is 0.488. The van der Waals surface area contributed by atoms with Crippen molar-refractivity contribution in [1.29, 1.82) is 0 Å². The quantitative estimate of drug-likeness (QED) is 0.554. The summed E-state index contributed by atoms with van der Waals surface area (Å²) in [6, 6.07) is 0.660. The van der Waals surface area contributed by atoms with Crippen molar-refractivity contribution in [3.8, 4) is 0 Å². The van der Waals surface area contributed by atoms with Crippen LogP contribution in [-0.4, -0.2) is 24.2 Å². The first-order valence-electron chi connectivity index (χ1n) is 3.62. The van der Waals surface area contributed by atoms with E-state index < -0.39 is 0 Å². The summed E-state index contributed by atoms with van der Waals surface area (Å²) in [6.45, 7) is 0.998. The first-order valence-corrected chi connectivity index (χ1v) is 4.50. The second-order valence-corrected chi connectivity index (χ2v) is 4.01. The Morgan fingerprint density at radius 2 is 2.70 bits per heavy atom. The van der Waals surface area contributed by atoms with E-state index in [1.165, 1.54) is 12.0 Å². The van der Waals surface area contributed by atoms with Crippen LogP contribution in [0.25, 0.3) is 0 Å². The average Bonchev–Trinajstić information content (AvgIpc) is 2.36. The molecule has 1 fully saturated rings. The second kappa shape index (κ2) is 1.66. The van der Waals surface area contributed by atoms with Crippen LogP contribution in [0.1, 0.15) is 6.42 Å². The Morgan fingerprint density at radius 1 is 1.70 bits per heavy atom. The molecule has 1 saturated heterocycles. The van der Waals surface area contributed by atoms with Crippen molar-refractivity contribution < 1.29 is 0 Å².